The fraction of sp³-hybridized carbons (Fsp3) is 0.235. The summed E-state index contributed by atoms with van der Waals surface area (Å²) in [5.74, 6) is -1.36. The molecule has 43 heavy (non-hydrogen) atoms. The van der Waals surface area contributed by atoms with Crippen molar-refractivity contribution in [1.82, 2.24) is 10.2 Å². The Kier molecular flexibility index (Phi) is 10.7. The number of benzene rings is 4. The first kappa shape index (κ1) is 31.4. The molecule has 7 nitrogen and oxygen atoms in total. The van der Waals surface area contributed by atoms with Crippen molar-refractivity contribution in [2.75, 3.05) is 10.8 Å². The first-order chi connectivity index (χ1) is 20.7. The van der Waals surface area contributed by atoms with E-state index in [0.717, 1.165) is 9.87 Å². The van der Waals surface area contributed by atoms with Gasteiger partial charge in [0.15, 0.2) is 0 Å². The van der Waals surface area contributed by atoms with Crippen molar-refractivity contribution in [3.8, 4) is 0 Å². The molecule has 0 aromatic heterocycles. The van der Waals surface area contributed by atoms with Crippen LogP contribution in [0.5, 0.6) is 0 Å². The third-order valence-electron chi connectivity index (χ3n) is 7.19. The molecule has 0 aliphatic rings. The van der Waals surface area contributed by atoms with E-state index in [4.69, 9.17) is 0 Å². The van der Waals surface area contributed by atoms with Gasteiger partial charge in [-0.25, -0.2) is 12.8 Å². The molecular formula is C34H36FN3O4S. The van der Waals surface area contributed by atoms with Gasteiger partial charge in [-0.3, -0.25) is 13.9 Å². The fourth-order valence-corrected chi connectivity index (χ4v) is 6.06. The van der Waals surface area contributed by atoms with E-state index in [0.29, 0.717) is 17.7 Å². The Bertz CT molecular complexity index is 1590. The molecule has 4 aromatic rings. The van der Waals surface area contributed by atoms with Crippen LogP contribution in [0.1, 0.15) is 31.4 Å². The number of halogens is 1. The molecule has 0 saturated carbocycles. The quantitative estimate of drug-likeness (QED) is 0.217. The number of rotatable bonds is 13. The van der Waals surface area contributed by atoms with Gasteiger partial charge in [-0.2, -0.15) is 0 Å². The maximum Gasteiger partial charge on any atom is 0.264 e. The monoisotopic (exact) mass is 601 g/mol. The van der Waals surface area contributed by atoms with E-state index in [9.17, 15) is 22.4 Å². The molecular weight excluding hydrogens is 565 g/mol. The third kappa shape index (κ3) is 8.29. The van der Waals surface area contributed by atoms with E-state index in [2.05, 4.69) is 5.32 Å². The van der Waals surface area contributed by atoms with Crippen LogP contribution in [0.25, 0.3) is 0 Å². The minimum absolute atomic E-state index is 0.0292. The van der Waals surface area contributed by atoms with Crippen molar-refractivity contribution in [2.45, 2.75) is 50.2 Å². The number of hydrogen-bond acceptors (Lipinski definition) is 4. The highest BCUT2D eigenvalue weighted by Crippen LogP contribution is 2.25. The van der Waals surface area contributed by atoms with E-state index in [1.54, 1.807) is 60.7 Å². The van der Waals surface area contributed by atoms with E-state index >= 15 is 0 Å². The Morgan fingerprint density at radius 1 is 0.791 bits per heavy atom. The number of nitrogens with one attached hydrogen (secondary N) is 1. The third-order valence-corrected chi connectivity index (χ3v) is 8.98. The predicted molar refractivity (Wildman–Crippen MR) is 166 cm³/mol. The number of sulfonamides is 1. The molecule has 0 heterocycles. The van der Waals surface area contributed by atoms with Crippen LogP contribution >= 0.6 is 0 Å². The average molecular weight is 602 g/mol. The van der Waals surface area contributed by atoms with Crippen LogP contribution in [0.15, 0.2) is 120 Å². The first-order valence-corrected chi connectivity index (χ1v) is 15.6. The van der Waals surface area contributed by atoms with Crippen LogP contribution in [0.4, 0.5) is 10.1 Å². The lowest BCUT2D eigenvalue weighted by molar-refractivity contribution is -0.140. The Balaban J connectivity index is 1.78. The van der Waals surface area contributed by atoms with Crippen LogP contribution in [-0.4, -0.2) is 43.8 Å². The maximum atomic E-state index is 14.3. The molecule has 0 aliphatic carbocycles. The van der Waals surface area contributed by atoms with Crippen molar-refractivity contribution >= 4 is 27.5 Å². The smallest absolute Gasteiger partial charge is 0.264 e. The van der Waals surface area contributed by atoms with Crippen LogP contribution in [-0.2, 0) is 32.6 Å². The summed E-state index contributed by atoms with van der Waals surface area (Å²) in [7, 11) is -4.15. The van der Waals surface area contributed by atoms with Gasteiger partial charge in [-0.05, 0) is 60.9 Å². The minimum atomic E-state index is -4.15. The zero-order valence-electron chi connectivity index (χ0n) is 24.3. The molecule has 224 valence electrons. The highest BCUT2D eigenvalue weighted by Gasteiger charge is 2.34. The highest BCUT2D eigenvalue weighted by molar-refractivity contribution is 7.92. The topological polar surface area (TPSA) is 86.8 Å². The molecule has 2 amide bonds. The molecule has 9 heteroatoms. The van der Waals surface area contributed by atoms with Gasteiger partial charge in [0.25, 0.3) is 10.0 Å². The van der Waals surface area contributed by atoms with Crippen molar-refractivity contribution < 1.29 is 22.4 Å². The molecule has 0 aliphatic heterocycles. The van der Waals surface area contributed by atoms with Gasteiger partial charge < -0.3 is 10.2 Å². The molecule has 0 spiro atoms. The summed E-state index contributed by atoms with van der Waals surface area (Å²) in [6, 6.07) is 30.2. The SMILES string of the molecule is CCC(C)NC(=O)C(Cc1ccccc1)N(Cc1ccc(F)cc1)C(=O)CN(c1ccccc1)S(=O)(=O)c1ccccc1. The second-order valence-electron chi connectivity index (χ2n) is 10.3. The van der Waals surface area contributed by atoms with E-state index in [-0.39, 0.29) is 29.8 Å². The second kappa shape index (κ2) is 14.6. The number of nitrogens with zero attached hydrogens (tertiary/aromatic N) is 2. The van der Waals surface area contributed by atoms with E-state index in [1.165, 1.54) is 29.2 Å². The Morgan fingerprint density at radius 3 is 1.93 bits per heavy atom. The molecule has 2 atom stereocenters. The summed E-state index contributed by atoms with van der Waals surface area (Å²) < 4.78 is 42.6. The largest absolute Gasteiger partial charge is 0.352 e. The van der Waals surface area contributed by atoms with Crippen molar-refractivity contribution in [2.24, 2.45) is 0 Å². The van der Waals surface area contributed by atoms with Crippen LogP contribution in [0.2, 0.25) is 0 Å². The summed E-state index contributed by atoms with van der Waals surface area (Å²) in [5, 5.41) is 3.00. The lowest BCUT2D eigenvalue weighted by Crippen LogP contribution is -2.54. The van der Waals surface area contributed by atoms with Gasteiger partial charge in [0.2, 0.25) is 11.8 Å². The summed E-state index contributed by atoms with van der Waals surface area (Å²) >= 11 is 0. The highest BCUT2D eigenvalue weighted by atomic mass is 32.2. The molecule has 0 saturated heterocycles. The molecule has 4 aromatic carbocycles. The maximum absolute atomic E-state index is 14.3. The molecule has 4 rings (SSSR count). The standard InChI is InChI=1S/C34H36FN3O4S/c1-3-26(2)36-34(40)32(23-27-13-7-4-8-14-27)37(24-28-19-21-29(35)22-20-28)33(39)25-38(30-15-9-5-10-16-30)43(41,42)31-17-11-6-12-18-31/h4-22,26,32H,3,23-25H2,1-2H3,(H,36,40). The van der Waals surface area contributed by atoms with Crippen LogP contribution in [0.3, 0.4) is 0 Å². The molecule has 1 N–H and O–H groups in total. The zero-order valence-corrected chi connectivity index (χ0v) is 25.1. The van der Waals surface area contributed by atoms with Gasteiger partial charge >= 0.3 is 0 Å². The average Bonchev–Trinajstić information content (AvgIpc) is 3.03. The van der Waals surface area contributed by atoms with Gasteiger partial charge in [0.05, 0.1) is 10.6 Å². The molecule has 2 unspecified atom stereocenters. The molecule has 0 radical (unpaired) electrons. The number of para-hydroxylation sites is 1. The second-order valence-corrected chi connectivity index (χ2v) is 12.2. The number of carbonyl (C=O) groups excluding carboxylic acids is 2. The van der Waals surface area contributed by atoms with Crippen molar-refractivity contribution in [1.29, 1.82) is 0 Å². The Labute approximate surface area is 253 Å². The molecule has 0 fully saturated rings. The summed E-state index contributed by atoms with van der Waals surface area (Å²) in [5.41, 5.74) is 1.74. The minimum Gasteiger partial charge on any atom is -0.352 e. The number of amides is 2. The van der Waals surface area contributed by atoms with Gasteiger partial charge in [-0.15, -0.1) is 0 Å². The van der Waals surface area contributed by atoms with Gasteiger partial charge in [0, 0.05) is 19.0 Å². The Morgan fingerprint density at radius 2 is 1.35 bits per heavy atom. The number of anilines is 1. The number of hydrogen-bond donors (Lipinski definition) is 1. The predicted octanol–water partition coefficient (Wildman–Crippen LogP) is 5.58. The summed E-state index contributed by atoms with van der Waals surface area (Å²) in [6.45, 7) is 3.25. The van der Waals surface area contributed by atoms with Crippen LogP contribution in [0, 0.1) is 5.82 Å². The van der Waals surface area contributed by atoms with Crippen LogP contribution < -0.4 is 9.62 Å². The lowest BCUT2D eigenvalue weighted by Gasteiger charge is -2.34. The van der Waals surface area contributed by atoms with E-state index < -0.39 is 34.3 Å². The van der Waals surface area contributed by atoms with Crippen molar-refractivity contribution in [3.05, 3.63) is 132 Å². The van der Waals surface area contributed by atoms with Gasteiger partial charge in [0.1, 0.15) is 18.4 Å². The zero-order chi connectivity index (χ0) is 30.8. The van der Waals surface area contributed by atoms with Gasteiger partial charge in [-0.1, -0.05) is 85.8 Å². The molecule has 0 bridgehead atoms. The normalized spacial score (nSPS) is 12.6. The first-order valence-electron chi connectivity index (χ1n) is 14.2. The van der Waals surface area contributed by atoms with E-state index in [1.807, 2.05) is 44.2 Å². The Hall–Kier alpha value is -4.50. The van der Waals surface area contributed by atoms with Crippen molar-refractivity contribution in [3.63, 3.8) is 0 Å². The summed E-state index contributed by atoms with van der Waals surface area (Å²) in [6.07, 6.45) is 0.889. The fourth-order valence-electron chi connectivity index (χ4n) is 4.62. The number of carbonyl (C=O) groups is 2. The lowest BCUT2D eigenvalue weighted by atomic mass is 10.0. The summed E-state index contributed by atoms with van der Waals surface area (Å²) in [4.78, 5) is 29.5.